The van der Waals surface area contributed by atoms with Crippen molar-refractivity contribution in [3.8, 4) is 0 Å². The molecule has 0 amide bonds. The minimum Gasteiger partial charge on any atom is -0.398 e. The third-order valence-corrected chi connectivity index (χ3v) is 3.99. The van der Waals surface area contributed by atoms with E-state index < -0.39 is 15.8 Å². The lowest BCUT2D eigenvalue weighted by atomic mass is 10.3. The van der Waals surface area contributed by atoms with E-state index in [1.54, 1.807) is 0 Å². The molecule has 1 aromatic carbocycles. The van der Waals surface area contributed by atoms with E-state index in [-0.39, 0.29) is 21.3 Å². The van der Waals surface area contributed by atoms with E-state index in [2.05, 4.69) is 9.71 Å². The van der Waals surface area contributed by atoms with Crippen molar-refractivity contribution in [3.63, 3.8) is 0 Å². The lowest BCUT2D eigenvalue weighted by molar-refractivity contribution is 0.601. The van der Waals surface area contributed by atoms with Crippen molar-refractivity contribution in [2.24, 2.45) is 0 Å². The van der Waals surface area contributed by atoms with E-state index in [9.17, 15) is 12.8 Å². The number of nitrogens with zero attached hydrogens (tertiary/aromatic N) is 1. The number of aromatic nitrogens is 1. The number of hydrogen-bond donors (Lipinski definition) is 2. The molecule has 0 radical (unpaired) electrons. The molecule has 3 N–H and O–H groups in total. The maximum Gasteiger partial charge on any atom is 0.265 e. The van der Waals surface area contributed by atoms with Crippen molar-refractivity contribution < 1.29 is 12.8 Å². The Kier molecular flexibility index (Phi) is 3.59. The maximum atomic E-state index is 13.0. The van der Waals surface area contributed by atoms with Gasteiger partial charge in [-0.3, -0.25) is 9.71 Å². The van der Waals surface area contributed by atoms with Gasteiger partial charge in [0.1, 0.15) is 10.7 Å². The summed E-state index contributed by atoms with van der Waals surface area (Å²) in [5, 5.41) is -0.181. The number of nitrogens with two attached hydrogens (primary N) is 1. The van der Waals surface area contributed by atoms with Crippen molar-refractivity contribution >= 4 is 33.0 Å². The molecule has 0 atom stereocenters. The first-order valence-electron chi connectivity index (χ1n) is 5.07. The van der Waals surface area contributed by atoms with Gasteiger partial charge in [-0.2, -0.15) is 0 Å². The zero-order valence-electron chi connectivity index (χ0n) is 9.47. The molecule has 0 saturated carbocycles. The summed E-state index contributed by atoms with van der Waals surface area (Å²) in [5.74, 6) is -0.634. The molecule has 5 nitrogen and oxygen atoms in total. The molecule has 0 bridgehead atoms. The SMILES string of the molecule is Nc1ccncc1S(=O)(=O)Nc1ccc(F)c(Cl)c1. The van der Waals surface area contributed by atoms with Gasteiger partial charge in [0, 0.05) is 12.4 Å². The van der Waals surface area contributed by atoms with Gasteiger partial charge in [-0.1, -0.05) is 11.6 Å². The second kappa shape index (κ2) is 5.02. The maximum absolute atomic E-state index is 13.0. The summed E-state index contributed by atoms with van der Waals surface area (Å²) in [5.41, 5.74) is 5.77. The molecule has 0 saturated heterocycles. The third-order valence-electron chi connectivity index (χ3n) is 2.28. The van der Waals surface area contributed by atoms with Crippen LogP contribution in [0.25, 0.3) is 0 Å². The fourth-order valence-corrected chi connectivity index (χ4v) is 2.69. The average Bonchev–Trinajstić information content (AvgIpc) is 2.34. The monoisotopic (exact) mass is 301 g/mol. The highest BCUT2D eigenvalue weighted by Gasteiger charge is 2.18. The number of halogens is 2. The molecule has 0 aliphatic rings. The van der Waals surface area contributed by atoms with Gasteiger partial charge in [0.05, 0.1) is 16.4 Å². The Morgan fingerprint density at radius 3 is 2.68 bits per heavy atom. The number of nitrogens with one attached hydrogen (secondary N) is 1. The van der Waals surface area contributed by atoms with Crippen LogP contribution < -0.4 is 10.5 Å². The zero-order chi connectivity index (χ0) is 14.0. The normalized spacial score (nSPS) is 11.3. The lowest BCUT2D eigenvalue weighted by Gasteiger charge is -2.09. The van der Waals surface area contributed by atoms with E-state index in [0.29, 0.717) is 0 Å². The number of benzene rings is 1. The van der Waals surface area contributed by atoms with Crippen molar-refractivity contribution in [2.75, 3.05) is 10.5 Å². The Bertz CT molecular complexity index is 722. The molecule has 1 heterocycles. The van der Waals surface area contributed by atoms with Crippen LogP contribution in [0.4, 0.5) is 15.8 Å². The van der Waals surface area contributed by atoms with Gasteiger partial charge in [-0.15, -0.1) is 0 Å². The Labute approximate surface area is 114 Å². The van der Waals surface area contributed by atoms with Gasteiger partial charge in [0.15, 0.2) is 0 Å². The van der Waals surface area contributed by atoms with E-state index in [1.807, 2.05) is 0 Å². The molecule has 0 aliphatic heterocycles. The summed E-state index contributed by atoms with van der Waals surface area (Å²) in [7, 11) is -3.89. The van der Waals surface area contributed by atoms with Crippen LogP contribution in [0.15, 0.2) is 41.6 Å². The van der Waals surface area contributed by atoms with E-state index in [1.165, 1.54) is 24.4 Å². The number of sulfonamides is 1. The highest BCUT2D eigenvalue weighted by atomic mass is 35.5. The molecule has 0 fully saturated rings. The molecule has 2 rings (SSSR count). The van der Waals surface area contributed by atoms with Gasteiger partial charge in [0.25, 0.3) is 10.0 Å². The zero-order valence-corrected chi connectivity index (χ0v) is 11.0. The molecule has 1 aromatic heterocycles. The van der Waals surface area contributed by atoms with Crippen LogP contribution in [0.1, 0.15) is 0 Å². The molecule has 0 aliphatic carbocycles. The molecule has 100 valence electrons. The second-order valence-corrected chi connectivity index (χ2v) is 5.71. The second-order valence-electron chi connectivity index (χ2n) is 3.65. The fraction of sp³-hybridized carbons (Fsp3) is 0. The summed E-state index contributed by atoms with van der Waals surface area (Å²) >= 11 is 5.57. The number of nitrogen functional groups attached to an aromatic ring is 1. The molecule has 0 spiro atoms. The fourth-order valence-electron chi connectivity index (χ4n) is 1.39. The Morgan fingerprint density at radius 1 is 1.32 bits per heavy atom. The summed E-state index contributed by atoms with van der Waals surface area (Å²) in [4.78, 5) is 3.54. The number of anilines is 2. The first kappa shape index (κ1) is 13.6. The predicted octanol–water partition coefficient (Wildman–Crippen LogP) is 2.26. The largest absolute Gasteiger partial charge is 0.398 e. The van der Waals surface area contributed by atoms with E-state index in [0.717, 1.165) is 12.3 Å². The van der Waals surface area contributed by atoms with Crippen LogP contribution in [0, 0.1) is 5.82 Å². The predicted molar refractivity (Wildman–Crippen MR) is 70.9 cm³/mol. The molecule has 8 heteroatoms. The minimum atomic E-state index is -3.89. The minimum absolute atomic E-state index is 0.0655. The Hall–Kier alpha value is -1.86. The average molecular weight is 302 g/mol. The van der Waals surface area contributed by atoms with Gasteiger partial charge < -0.3 is 5.73 Å². The highest BCUT2D eigenvalue weighted by Crippen LogP contribution is 2.23. The first-order chi connectivity index (χ1) is 8.90. The number of hydrogen-bond acceptors (Lipinski definition) is 4. The number of pyridine rings is 1. The molecular formula is C11H9ClFN3O2S. The Balaban J connectivity index is 2.37. The lowest BCUT2D eigenvalue weighted by Crippen LogP contribution is -2.15. The van der Waals surface area contributed by atoms with Gasteiger partial charge in [-0.25, -0.2) is 12.8 Å². The molecule has 0 unspecified atom stereocenters. The number of rotatable bonds is 3. The van der Waals surface area contributed by atoms with Crippen molar-refractivity contribution in [3.05, 3.63) is 47.5 Å². The summed E-state index contributed by atoms with van der Waals surface area (Å²) < 4.78 is 39.3. The summed E-state index contributed by atoms with van der Waals surface area (Å²) in [6.07, 6.45) is 2.51. The standard InChI is InChI=1S/C11H9ClFN3O2S/c12-8-5-7(1-2-9(8)13)16-19(17,18)11-6-15-4-3-10(11)14/h1-6,16H,(H2,14,15). The van der Waals surface area contributed by atoms with Gasteiger partial charge in [0.2, 0.25) is 0 Å². The van der Waals surface area contributed by atoms with Crippen molar-refractivity contribution in [1.82, 2.24) is 4.98 Å². The van der Waals surface area contributed by atoms with E-state index >= 15 is 0 Å². The van der Waals surface area contributed by atoms with Crippen LogP contribution >= 0.6 is 11.6 Å². The van der Waals surface area contributed by atoms with Gasteiger partial charge >= 0.3 is 0 Å². The topological polar surface area (TPSA) is 85.1 Å². The summed E-state index contributed by atoms with van der Waals surface area (Å²) in [6, 6.07) is 4.85. The smallest absolute Gasteiger partial charge is 0.265 e. The van der Waals surface area contributed by atoms with Crippen molar-refractivity contribution in [2.45, 2.75) is 4.90 Å². The first-order valence-corrected chi connectivity index (χ1v) is 6.93. The molecule has 2 aromatic rings. The quantitative estimate of drug-likeness (QED) is 0.910. The third kappa shape index (κ3) is 2.94. The van der Waals surface area contributed by atoms with Crippen molar-refractivity contribution in [1.29, 1.82) is 0 Å². The summed E-state index contributed by atoms with van der Waals surface area (Å²) in [6.45, 7) is 0. The van der Waals surface area contributed by atoms with Crippen LogP contribution in [0.3, 0.4) is 0 Å². The van der Waals surface area contributed by atoms with E-state index in [4.69, 9.17) is 17.3 Å². The van der Waals surface area contributed by atoms with Crippen LogP contribution in [-0.2, 0) is 10.0 Å². The van der Waals surface area contributed by atoms with Crippen LogP contribution in [0.2, 0.25) is 5.02 Å². The molecule has 19 heavy (non-hydrogen) atoms. The van der Waals surface area contributed by atoms with Crippen LogP contribution in [0.5, 0.6) is 0 Å². The van der Waals surface area contributed by atoms with Gasteiger partial charge in [-0.05, 0) is 24.3 Å². The highest BCUT2D eigenvalue weighted by molar-refractivity contribution is 7.92. The molecular weight excluding hydrogens is 293 g/mol. The van der Waals surface area contributed by atoms with Crippen LogP contribution in [-0.4, -0.2) is 13.4 Å². The Morgan fingerprint density at radius 2 is 2.05 bits per heavy atom.